The van der Waals surface area contributed by atoms with Gasteiger partial charge in [0.05, 0.1) is 13.3 Å². The number of aliphatic hydroxyl groups excluding tert-OH is 1. The Balaban J connectivity index is 2.29. The average molecular weight is 341 g/mol. The number of pyridine rings is 1. The van der Waals surface area contributed by atoms with E-state index in [0.717, 1.165) is 14.7 Å². The van der Waals surface area contributed by atoms with Crippen molar-refractivity contribution in [2.45, 2.75) is 6.10 Å². The number of rotatable bonds is 3. The summed E-state index contributed by atoms with van der Waals surface area (Å²) in [5, 5.41) is 10.2. The lowest BCUT2D eigenvalue weighted by Gasteiger charge is -2.12. The molecule has 1 atom stereocenters. The van der Waals surface area contributed by atoms with Crippen LogP contribution in [-0.2, 0) is 0 Å². The number of aromatic nitrogens is 1. The minimum atomic E-state index is -0.672. The number of aliphatic hydroxyl groups is 1. The first-order chi connectivity index (χ1) is 8.20. The topological polar surface area (TPSA) is 42.4 Å². The van der Waals surface area contributed by atoms with Crippen LogP contribution in [0.5, 0.6) is 5.75 Å². The van der Waals surface area contributed by atoms with Gasteiger partial charge < -0.3 is 9.84 Å². The molecule has 0 aliphatic rings. The zero-order chi connectivity index (χ0) is 12.3. The van der Waals surface area contributed by atoms with Crippen LogP contribution < -0.4 is 4.74 Å². The maximum atomic E-state index is 10.2. The van der Waals surface area contributed by atoms with Gasteiger partial charge in [0.25, 0.3) is 0 Å². The van der Waals surface area contributed by atoms with Crippen molar-refractivity contribution in [2.75, 3.05) is 7.11 Å². The Hall–Kier alpha value is -1.14. The minimum absolute atomic E-state index is 0.645. The number of hydrogen-bond donors (Lipinski definition) is 1. The summed E-state index contributed by atoms with van der Waals surface area (Å²) in [7, 11) is 1.58. The number of benzene rings is 1. The molecule has 2 aromatic rings. The molecule has 1 aromatic heterocycles. The highest BCUT2D eigenvalue weighted by Gasteiger charge is 2.11. The van der Waals surface area contributed by atoms with E-state index in [1.54, 1.807) is 25.6 Å². The number of halogens is 1. The van der Waals surface area contributed by atoms with Gasteiger partial charge in [-0.05, 0) is 46.4 Å². The van der Waals surface area contributed by atoms with Crippen LogP contribution in [-0.4, -0.2) is 17.2 Å². The van der Waals surface area contributed by atoms with E-state index in [2.05, 4.69) is 27.6 Å². The van der Waals surface area contributed by atoms with Gasteiger partial charge in [0, 0.05) is 15.3 Å². The average Bonchev–Trinajstić information content (AvgIpc) is 2.39. The molecule has 1 aromatic carbocycles. The highest BCUT2D eigenvalue weighted by molar-refractivity contribution is 14.1. The Labute approximate surface area is 114 Å². The summed E-state index contributed by atoms with van der Waals surface area (Å²) >= 11 is 2.23. The van der Waals surface area contributed by atoms with Crippen molar-refractivity contribution >= 4 is 22.6 Å². The second-order valence-electron chi connectivity index (χ2n) is 3.61. The van der Waals surface area contributed by atoms with Crippen LogP contribution in [0.2, 0.25) is 0 Å². The van der Waals surface area contributed by atoms with Crippen LogP contribution in [0.15, 0.2) is 42.7 Å². The highest BCUT2D eigenvalue weighted by atomic mass is 127. The summed E-state index contributed by atoms with van der Waals surface area (Å²) in [4.78, 5) is 4.03. The van der Waals surface area contributed by atoms with Gasteiger partial charge in [-0.1, -0.05) is 12.1 Å². The van der Waals surface area contributed by atoms with Crippen LogP contribution in [0.4, 0.5) is 0 Å². The maximum Gasteiger partial charge on any atom is 0.137 e. The normalized spacial score (nSPS) is 12.2. The molecule has 2 rings (SSSR count). The van der Waals surface area contributed by atoms with E-state index in [4.69, 9.17) is 4.74 Å². The molecule has 0 amide bonds. The fourth-order valence-corrected chi connectivity index (χ4v) is 1.89. The summed E-state index contributed by atoms with van der Waals surface area (Å²) < 4.78 is 6.23. The summed E-state index contributed by atoms with van der Waals surface area (Å²) in [6.45, 7) is 0. The van der Waals surface area contributed by atoms with Crippen LogP contribution >= 0.6 is 22.6 Å². The maximum absolute atomic E-state index is 10.2. The molecule has 0 radical (unpaired) electrons. The predicted octanol–water partition coefficient (Wildman–Crippen LogP) is 2.78. The molecule has 0 fully saturated rings. The van der Waals surface area contributed by atoms with Gasteiger partial charge in [0.15, 0.2) is 0 Å². The second-order valence-corrected chi connectivity index (χ2v) is 4.86. The van der Waals surface area contributed by atoms with E-state index >= 15 is 0 Å². The van der Waals surface area contributed by atoms with Gasteiger partial charge in [-0.25, -0.2) is 0 Å². The Kier molecular flexibility index (Phi) is 3.96. The van der Waals surface area contributed by atoms with Gasteiger partial charge in [0.1, 0.15) is 11.9 Å². The van der Waals surface area contributed by atoms with Crippen molar-refractivity contribution in [3.05, 3.63) is 57.4 Å². The molecule has 88 valence electrons. The summed E-state index contributed by atoms with van der Waals surface area (Å²) in [5.74, 6) is 0.645. The summed E-state index contributed by atoms with van der Waals surface area (Å²) in [6.07, 6.45) is 2.59. The lowest BCUT2D eigenvalue weighted by molar-refractivity contribution is 0.219. The molecule has 3 nitrogen and oxygen atoms in total. The van der Waals surface area contributed by atoms with E-state index in [-0.39, 0.29) is 0 Å². The Morgan fingerprint density at radius 3 is 2.53 bits per heavy atom. The quantitative estimate of drug-likeness (QED) is 0.873. The first-order valence-corrected chi connectivity index (χ1v) is 6.21. The smallest absolute Gasteiger partial charge is 0.137 e. The van der Waals surface area contributed by atoms with Gasteiger partial charge >= 0.3 is 0 Å². The van der Waals surface area contributed by atoms with Crippen LogP contribution in [0.3, 0.4) is 0 Å². The number of nitrogens with zero attached hydrogens (tertiary/aromatic N) is 1. The SMILES string of the molecule is COc1cncc(C(O)c2ccc(I)cc2)c1. The Bertz CT molecular complexity index is 499. The predicted molar refractivity (Wildman–Crippen MR) is 74.0 cm³/mol. The molecule has 0 bridgehead atoms. The number of methoxy groups -OCH3 is 1. The van der Waals surface area contributed by atoms with Crippen molar-refractivity contribution in [2.24, 2.45) is 0 Å². The lowest BCUT2D eigenvalue weighted by Crippen LogP contribution is -2.00. The van der Waals surface area contributed by atoms with Crippen molar-refractivity contribution in [3.63, 3.8) is 0 Å². The van der Waals surface area contributed by atoms with Crippen molar-refractivity contribution in [1.82, 2.24) is 4.98 Å². The molecule has 1 heterocycles. The van der Waals surface area contributed by atoms with E-state index in [1.807, 2.05) is 24.3 Å². The van der Waals surface area contributed by atoms with Gasteiger partial charge in [0.2, 0.25) is 0 Å². The lowest BCUT2D eigenvalue weighted by atomic mass is 10.0. The third-order valence-corrected chi connectivity index (χ3v) is 3.19. The zero-order valence-electron chi connectivity index (χ0n) is 9.30. The highest BCUT2D eigenvalue weighted by Crippen LogP contribution is 2.24. The fraction of sp³-hybridized carbons (Fsp3) is 0.154. The minimum Gasteiger partial charge on any atom is -0.495 e. The van der Waals surface area contributed by atoms with Crippen LogP contribution in [0.1, 0.15) is 17.2 Å². The van der Waals surface area contributed by atoms with Crippen molar-refractivity contribution in [3.8, 4) is 5.75 Å². The molecule has 1 N–H and O–H groups in total. The summed E-state index contributed by atoms with van der Waals surface area (Å²) in [5.41, 5.74) is 1.58. The number of hydrogen-bond acceptors (Lipinski definition) is 3. The van der Waals surface area contributed by atoms with E-state index in [9.17, 15) is 5.11 Å². The van der Waals surface area contributed by atoms with Gasteiger partial charge in [-0.3, -0.25) is 4.98 Å². The second kappa shape index (κ2) is 5.46. The molecule has 0 aliphatic heterocycles. The molecule has 17 heavy (non-hydrogen) atoms. The molecule has 0 saturated heterocycles. The molecule has 1 unspecified atom stereocenters. The molecule has 0 saturated carbocycles. The first kappa shape index (κ1) is 12.3. The Morgan fingerprint density at radius 1 is 1.18 bits per heavy atom. The standard InChI is InChI=1S/C13H12INO2/c1-17-12-6-10(7-15-8-12)13(16)9-2-4-11(14)5-3-9/h2-8,13,16H,1H3. The summed E-state index contributed by atoms with van der Waals surface area (Å²) in [6, 6.07) is 9.53. The largest absolute Gasteiger partial charge is 0.495 e. The first-order valence-electron chi connectivity index (χ1n) is 5.13. The molecule has 4 heteroatoms. The van der Waals surface area contributed by atoms with Gasteiger partial charge in [-0.15, -0.1) is 0 Å². The Morgan fingerprint density at radius 2 is 1.88 bits per heavy atom. The molecular formula is C13H12INO2. The van der Waals surface area contributed by atoms with Crippen molar-refractivity contribution in [1.29, 1.82) is 0 Å². The third-order valence-electron chi connectivity index (χ3n) is 2.47. The zero-order valence-corrected chi connectivity index (χ0v) is 11.5. The van der Waals surface area contributed by atoms with Crippen LogP contribution in [0.25, 0.3) is 0 Å². The van der Waals surface area contributed by atoms with Crippen LogP contribution in [0, 0.1) is 3.57 Å². The molecule has 0 aliphatic carbocycles. The van der Waals surface area contributed by atoms with E-state index in [1.165, 1.54) is 0 Å². The monoisotopic (exact) mass is 341 g/mol. The van der Waals surface area contributed by atoms with E-state index in [0.29, 0.717) is 5.75 Å². The molecule has 0 spiro atoms. The van der Waals surface area contributed by atoms with E-state index < -0.39 is 6.10 Å². The number of ether oxygens (including phenoxy) is 1. The van der Waals surface area contributed by atoms with Crippen molar-refractivity contribution < 1.29 is 9.84 Å². The van der Waals surface area contributed by atoms with Gasteiger partial charge in [-0.2, -0.15) is 0 Å². The fourth-order valence-electron chi connectivity index (χ4n) is 1.53. The third kappa shape index (κ3) is 2.95. The molecular weight excluding hydrogens is 329 g/mol.